The molecule has 1 aliphatic heterocycles. The Morgan fingerprint density at radius 2 is 1.92 bits per heavy atom. The van der Waals surface area contributed by atoms with Crippen LogP contribution in [0.3, 0.4) is 0 Å². The van der Waals surface area contributed by atoms with Gasteiger partial charge >= 0.3 is 0 Å². The first-order valence-corrected chi connectivity index (χ1v) is 8.84. The van der Waals surface area contributed by atoms with Crippen LogP contribution in [0.15, 0.2) is 55.2 Å². The zero-order valence-corrected chi connectivity index (χ0v) is 14.5. The molecule has 0 atom stereocenters. The predicted octanol–water partition coefficient (Wildman–Crippen LogP) is 3.26. The van der Waals surface area contributed by atoms with E-state index < -0.39 is 0 Å². The lowest BCUT2D eigenvalue weighted by Gasteiger charge is -2.31. The number of hydrogen-bond donors (Lipinski definition) is 0. The summed E-state index contributed by atoms with van der Waals surface area (Å²) in [6.07, 6.45) is 9.80. The first-order valence-electron chi connectivity index (χ1n) is 8.84. The molecule has 0 N–H and O–H groups in total. The molecule has 1 aliphatic rings. The Balaban J connectivity index is 1.42. The minimum absolute atomic E-state index is 0.540. The summed E-state index contributed by atoms with van der Waals surface area (Å²) >= 11 is 0. The van der Waals surface area contributed by atoms with E-state index in [1.54, 1.807) is 0 Å². The fourth-order valence-corrected chi connectivity index (χ4v) is 3.56. The van der Waals surface area contributed by atoms with E-state index in [4.69, 9.17) is 4.98 Å². The normalized spacial score (nSPS) is 16.2. The minimum Gasteiger partial charge on any atom is -0.332 e. The van der Waals surface area contributed by atoms with Crippen LogP contribution in [0.5, 0.6) is 0 Å². The van der Waals surface area contributed by atoms with Crippen molar-refractivity contribution in [1.29, 1.82) is 0 Å². The summed E-state index contributed by atoms with van der Waals surface area (Å²) in [7, 11) is 2.01. The van der Waals surface area contributed by atoms with Crippen molar-refractivity contribution in [3.8, 4) is 11.4 Å². The van der Waals surface area contributed by atoms with Gasteiger partial charge in [0.2, 0.25) is 0 Å². The van der Waals surface area contributed by atoms with Gasteiger partial charge in [-0.2, -0.15) is 0 Å². The predicted molar refractivity (Wildman–Crippen MR) is 97.9 cm³/mol. The van der Waals surface area contributed by atoms with Crippen molar-refractivity contribution in [3.05, 3.63) is 66.5 Å². The third-order valence-electron chi connectivity index (χ3n) is 4.98. The van der Waals surface area contributed by atoms with Crippen molar-refractivity contribution in [2.24, 2.45) is 7.05 Å². The van der Waals surface area contributed by atoms with E-state index in [-0.39, 0.29) is 0 Å². The van der Waals surface area contributed by atoms with Crippen molar-refractivity contribution in [3.63, 3.8) is 0 Å². The third kappa shape index (κ3) is 3.61. The maximum Gasteiger partial charge on any atom is 0.0948 e. The first-order chi connectivity index (χ1) is 12.3. The van der Waals surface area contributed by atoms with E-state index in [2.05, 4.69) is 39.1 Å². The Morgan fingerprint density at radius 1 is 1.04 bits per heavy atom. The van der Waals surface area contributed by atoms with E-state index in [0.29, 0.717) is 5.92 Å². The Morgan fingerprint density at radius 3 is 2.64 bits per heavy atom. The Labute approximate surface area is 148 Å². The molecule has 4 heterocycles. The quantitative estimate of drug-likeness (QED) is 0.735. The molecule has 5 heteroatoms. The number of likely N-dealkylation sites (tertiary alicyclic amines) is 1. The molecule has 4 rings (SSSR count). The van der Waals surface area contributed by atoms with Gasteiger partial charge in [0.1, 0.15) is 0 Å². The van der Waals surface area contributed by atoms with Gasteiger partial charge in [0.05, 0.1) is 23.9 Å². The largest absolute Gasteiger partial charge is 0.332 e. The number of aromatic nitrogens is 4. The molecule has 1 saturated heterocycles. The summed E-state index contributed by atoms with van der Waals surface area (Å²) in [4.78, 5) is 15.8. The summed E-state index contributed by atoms with van der Waals surface area (Å²) in [6, 6.07) is 10.5. The molecule has 128 valence electrons. The van der Waals surface area contributed by atoms with Gasteiger partial charge < -0.3 is 4.57 Å². The zero-order chi connectivity index (χ0) is 17.1. The summed E-state index contributed by atoms with van der Waals surface area (Å²) in [5, 5.41) is 0. The van der Waals surface area contributed by atoms with Crippen molar-refractivity contribution in [1.82, 2.24) is 24.4 Å². The lowest BCUT2D eigenvalue weighted by atomic mass is 9.92. The van der Waals surface area contributed by atoms with E-state index in [0.717, 1.165) is 43.9 Å². The van der Waals surface area contributed by atoms with Crippen LogP contribution in [0.1, 0.15) is 30.0 Å². The molecule has 0 bridgehead atoms. The minimum atomic E-state index is 0.540. The lowest BCUT2D eigenvalue weighted by molar-refractivity contribution is 0.203. The Bertz CT molecular complexity index is 819. The van der Waals surface area contributed by atoms with Crippen molar-refractivity contribution in [2.45, 2.75) is 25.3 Å². The van der Waals surface area contributed by atoms with Gasteiger partial charge in [-0.1, -0.05) is 12.1 Å². The molecule has 5 nitrogen and oxygen atoms in total. The van der Waals surface area contributed by atoms with Crippen LogP contribution in [0.2, 0.25) is 0 Å². The monoisotopic (exact) mass is 333 g/mol. The van der Waals surface area contributed by atoms with Crippen molar-refractivity contribution in [2.75, 3.05) is 13.1 Å². The molecule has 0 aliphatic carbocycles. The SMILES string of the molecule is Cn1cncc1-c1cccc(C2CCN(Cc3cccnc3)CC2)n1. The molecule has 3 aromatic rings. The first kappa shape index (κ1) is 16.0. The number of nitrogens with zero attached hydrogens (tertiary/aromatic N) is 5. The highest BCUT2D eigenvalue weighted by molar-refractivity contribution is 5.53. The number of piperidine rings is 1. The highest BCUT2D eigenvalue weighted by atomic mass is 15.1. The van der Waals surface area contributed by atoms with Gasteiger partial charge in [-0.05, 0) is 49.7 Å². The number of hydrogen-bond acceptors (Lipinski definition) is 4. The summed E-state index contributed by atoms with van der Waals surface area (Å²) < 4.78 is 2.02. The standard InChI is InChI=1S/C20H23N5/c1-24-15-22-13-20(24)19-6-2-5-18(23-19)17-7-10-25(11-8-17)14-16-4-3-9-21-12-16/h2-6,9,12-13,15,17H,7-8,10-11,14H2,1H3. The summed E-state index contributed by atoms with van der Waals surface area (Å²) in [6.45, 7) is 3.21. The van der Waals surface area contributed by atoms with Crippen LogP contribution < -0.4 is 0 Å². The van der Waals surface area contributed by atoms with Crippen LogP contribution in [-0.4, -0.2) is 37.5 Å². The van der Waals surface area contributed by atoms with E-state index in [1.165, 1.54) is 11.3 Å². The molecule has 0 spiro atoms. The van der Waals surface area contributed by atoms with Gasteiger partial charge in [0.25, 0.3) is 0 Å². The maximum absolute atomic E-state index is 4.92. The van der Waals surface area contributed by atoms with Crippen LogP contribution in [0.4, 0.5) is 0 Å². The van der Waals surface area contributed by atoms with Crippen LogP contribution in [0.25, 0.3) is 11.4 Å². The second-order valence-corrected chi connectivity index (χ2v) is 6.75. The van der Waals surface area contributed by atoms with Gasteiger partial charge in [-0.3, -0.25) is 14.9 Å². The van der Waals surface area contributed by atoms with Gasteiger partial charge in [-0.25, -0.2) is 4.98 Å². The van der Waals surface area contributed by atoms with E-state index in [1.807, 2.05) is 42.6 Å². The molecule has 0 unspecified atom stereocenters. The van der Waals surface area contributed by atoms with Crippen molar-refractivity contribution >= 4 is 0 Å². The topological polar surface area (TPSA) is 46.8 Å². The maximum atomic E-state index is 4.92. The molecule has 0 amide bonds. The van der Waals surface area contributed by atoms with E-state index >= 15 is 0 Å². The summed E-state index contributed by atoms with van der Waals surface area (Å²) in [5.74, 6) is 0.540. The average molecular weight is 333 g/mol. The molecule has 0 radical (unpaired) electrons. The van der Waals surface area contributed by atoms with E-state index in [9.17, 15) is 0 Å². The lowest BCUT2D eigenvalue weighted by Crippen LogP contribution is -2.32. The highest BCUT2D eigenvalue weighted by Gasteiger charge is 2.22. The van der Waals surface area contributed by atoms with Crippen LogP contribution in [0, 0.1) is 0 Å². The average Bonchev–Trinajstić information content (AvgIpc) is 3.09. The number of pyridine rings is 2. The molecule has 25 heavy (non-hydrogen) atoms. The van der Waals surface area contributed by atoms with Crippen LogP contribution >= 0.6 is 0 Å². The smallest absolute Gasteiger partial charge is 0.0948 e. The van der Waals surface area contributed by atoms with Crippen molar-refractivity contribution < 1.29 is 0 Å². The van der Waals surface area contributed by atoms with Gasteiger partial charge in [0, 0.05) is 37.6 Å². The molecule has 0 saturated carbocycles. The molecule has 1 fully saturated rings. The molecule has 3 aromatic heterocycles. The van der Waals surface area contributed by atoms with Gasteiger partial charge in [0.15, 0.2) is 0 Å². The Kier molecular flexibility index (Phi) is 4.57. The van der Waals surface area contributed by atoms with Gasteiger partial charge in [-0.15, -0.1) is 0 Å². The zero-order valence-electron chi connectivity index (χ0n) is 14.5. The molecular formula is C20H23N5. The number of rotatable bonds is 4. The molecule has 0 aromatic carbocycles. The second kappa shape index (κ2) is 7.15. The fourth-order valence-electron chi connectivity index (χ4n) is 3.56. The van der Waals surface area contributed by atoms with Crippen LogP contribution in [-0.2, 0) is 13.6 Å². The highest BCUT2D eigenvalue weighted by Crippen LogP contribution is 2.29. The number of aryl methyl sites for hydroxylation is 1. The number of imidazole rings is 1. The molecular weight excluding hydrogens is 310 g/mol. The summed E-state index contributed by atoms with van der Waals surface area (Å²) in [5.41, 5.74) is 4.57. The third-order valence-corrected chi connectivity index (χ3v) is 4.98. The second-order valence-electron chi connectivity index (χ2n) is 6.75. The fraction of sp³-hybridized carbons (Fsp3) is 0.350. The Hall–Kier alpha value is -2.53.